The Balaban J connectivity index is 2.89. The quantitative estimate of drug-likeness (QED) is 0.714. The van der Waals surface area contributed by atoms with E-state index in [1.807, 2.05) is 13.8 Å². The minimum atomic E-state index is -0.575. The predicted molar refractivity (Wildman–Crippen MR) is 69.8 cm³/mol. The summed E-state index contributed by atoms with van der Waals surface area (Å²) in [4.78, 5) is 0. The lowest BCUT2D eigenvalue weighted by molar-refractivity contribution is 0.259. The Morgan fingerprint density at radius 2 is 2.12 bits per heavy atom. The molecule has 3 nitrogen and oxygen atoms in total. The van der Waals surface area contributed by atoms with Crippen molar-refractivity contribution in [1.82, 2.24) is 0 Å². The molecule has 0 fully saturated rings. The Bertz CT molecular complexity index is 385. The first-order chi connectivity index (χ1) is 7.95. The van der Waals surface area contributed by atoms with Crippen LogP contribution < -0.4 is 11.1 Å². The van der Waals surface area contributed by atoms with Crippen molar-refractivity contribution in [2.45, 2.75) is 26.3 Å². The van der Waals surface area contributed by atoms with Crippen LogP contribution in [0.2, 0.25) is 5.02 Å². The Morgan fingerprint density at radius 1 is 1.47 bits per heavy atom. The topological polar surface area (TPSA) is 58.3 Å². The number of hydrogen-bond donors (Lipinski definition) is 3. The zero-order valence-electron chi connectivity index (χ0n) is 10.0. The number of aliphatic hydroxyl groups excluding tert-OH is 1. The number of nitrogens with two attached hydrogens (primary N) is 1. The van der Waals surface area contributed by atoms with Crippen molar-refractivity contribution >= 4 is 23.0 Å². The number of aliphatic hydroxyl groups is 1. The third-order valence-corrected chi connectivity index (χ3v) is 2.74. The summed E-state index contributed by atoms with van der Waals surface area (Å²) in [6, 6.07) is 2.72. The molecule has 0 bridgehead atoms. The molecule has 1 aromatic rings. The Hall–Kier alpha value is -1.000. The summed E-state index contributed by atoms with van der Waals surface area (Å²) < 4.78 is 13.7. The van der Waals surface area contributed by atoms with E-state index in [4.69, 9.17) is 17.3 Å². The number of halogens is 2. The SMILES string of the molecule is CC(C)CC(CO)Nc1c(N)ccc(Cl)c1F. The van der Waals surface area contributed by atoms with Crippen molar-refractivity contribution < 1.29 is 9.50 Å². The summed E-state index contributed by atoms with van der Waals surface area (Å²) in [5.74, 6) is -0.183. The molecule has 0 radical (unpaired) electrons. The molecule has 0 spiro atoms. The van der Waals surface area contributed by atoms with Gasteiger partial charge in [-0.05, 0) is 24.5 Å². The van der Waals surface area contributed by atoms with Crippen molar-refractivity contribution in [3.63, 3.8) is 0 Å². The van der Waals surface area contributed by atoms with Crippen LogP contribution in [0.4, 0.5) is 15.8 Å². The number of nitrogens with one attached hydrogen (secondary N) is 1. The van der Waals surface area contributed by atoms with Crippen LogP contribution in [0.15, 0.2) is 12.1 Å². The molecule has 4 N–H and O–H groups in total. The van der Waals surface area contributed by atoms with Crippen molar-refractivity contribution in [3.8, 4) is 0 Å². The average molecular weight is 261 g/mol. The van der Waals surface area contributed by atoms with Crippen molar-refractivity contribution in [2.75, 3.05) is 17.7 Å². The number of anilines is 2. The van der Waals surface area contributed by atoms with Crippen LogP contribution in [0.25, 0.3) is 0 Å². The van der Waals surface area contributed by atoms with Crippen LogP contribution in [-0.4, -0.2) is 17.8 Å². The first kappa shape index (κ1) is 14.1. The first-order valence-corrected chi connectivity index (χ1v) is 5.94. The zero-order valence-corrected chi connectivity index (χ0v) is 10.8. The van der Waals surface area contributed by atoms with Crippen molar-refractivity contribution in [3.05, 3.63) is 23.0 Å². The van der Waals surface area contributed by atoms with Gasteiger partial charge in [0.1, 0.15) is 0 Å². The van der Waals surface area contributed by atoms with Gasteiger partial charge < -0.3 is 16.2 Å². The third kappa shape index (κ3) is 3.75. The molecule has 1 atom stereocenters. The maximum absolute atomic E-state index is 13.7. The first-order valence-electron chi connectivity index (χ1n) is 5.56. The van der Waals surface area contributed by atoms with E-state index in [1.165, 1.54) is 12.1 Å². The van der Waals surface area contributed by atoms with Gasteiger partial charge in [0.15, 0.2) is 5.82 Å². The fourth-order valence-corrected chi connectivity index (χ4v) is 1.82. The summed E-state index contributed by atoms with van der Waals surface area (Å²) in [6.07, 6.45) is 0.724. The van der Waals surface area contributed by atoms with E-state index >= 15 is 0 Å². The van der Waals surface area contributed by atoms with Gasteiger partial charge in [0.2, 0.25) is 0 Å². The van der Waals surface area contributed by atoms with E-state index in [-0.39, 0.29) is 29.0 Å². The average Bonchev–Trinajstić information content (AvgIpc) is 2.27. The van der Waals surface area contributed by atoms with Crippen molar-refractivity contribution in [1.29, 1.82) is 0 Å². The number of nitrogen functional groups attached to an aromatic ring is 1. The molecule has 1 rings (SSSR count). The van der Waals surface area contributed by atoms with Crippen LogP contribution in [0.5, 0.6) is 0 Å². The van der Waals surface area contributed by atoms with Gasteiger partial charge in [0, 0.05) is 6.04 Å². The molecule has 17 heavy (non-hydrogen) atoms. The molecule has 0 saturated heterocycles. The maximum Gasteiger partial charge on any atom is 0.166 e. The van der Waals surface area contributed by atoms with E-state index in [1.54, 1.807) is 0 Å². The molecule has 0 aromatic heterocycles. The molecular weight excluding hydrogens is 243 g/mol. The summed E-state index contributed by atoms with van der Waals surface area (Å²) in [5.41, 5.74) is 6.13. The summed E-state index contributed by atoms with van der Waals surface area (Å²) in [5, 5.41) is 12.1. The van der Waals surface area contributed by atoms with E-state index in [9.17, 15) is 9.50 Å². The second kappa shape index (κ2) is 6.07. The lowest BCUT2D eigenvalue weighted by Gasteiger charge is -2.21. The van der Waals surface area contributed by atoms with Crippen LogP contribution >= 0.6 is 11.6 Å². The van der Waals surface area contributed by atoms with E-state index < -0.39 is 5.82 Å². The lowest BCUT2D eigenvalue weighted by atomic mass is 10.0. The van der Waals surface area contributed by atoms with Gasteiger partial charge in [-0.15, -0.1) is 0 Å². The Kier molecular flexibility index (Phi) is 5.02. The number of hydrogen-bond acceptors (Lipinski definition) is 3. The monoisotopic (exact) mass is 260 g/mol. The summed E-state index contributed by atoms with van der Waals surface area (Å²) in [7, 11) is 0. The van der Waals surface area contributed by atoms with E-state index in [0.29, 0.717) is 5.92 Å². The Labute approximate surface area is 106 Å². The fraction of sp³-hybridized carbons (Fsp3) is 0.500. The summed E-state index contributed by atoms with van der Waals surface area (Å²) in [6.45, 7) is 3.98. The molecule has 0 heterocycles. The van der Waals surface area contributed by atoms with Gasteiger partial charge in [0.25, 0.3) is 0 Å². The van der Waals surface area contributed by atoms with Gasteiger partial charge in [0.05, 0.1) is 23.0 Å². The smallest absolute Gasteiger partial charge is 0.166 e. The van der Waals surface area contributed by atoms with Gasteiger partial charge in [-0.2, -0.15) is 0 Å². The minimum absolute atomic E-state index is 0.0166. The highest BCUT2D eigenvalue weighted by atomic mass is 35.5. The molecule has 96 valence electrons. The highest BCUT2D eigenvalue weighted by Gasteiger charge is 2.16. The molecule has 0 saturated carbocycles. The molecule has 0 aliphatic heterocycles. The standard InChI is InChI=1S/C12H18ClFN2O/c1-7(2)5-8(6-17)16-12-10(15)4-3-9(13)11(12)14/h3-4,7-8,16-17H,5-6,15H2,1-2H3. The maximum atomic E-state index is 13.7. The minimum Gasteiger partial charge on any atom is -0.397 e. The molecule has 0 amide bonds. The van der Waals surface area contributed by atoms with Crippen LogP contribution in [-0.2, 0) is 0 Å². The lowest BCUT2D eigenvalue weighted by Crippen LogP contribution is -2.26. The molecular formula is C12H18ClFN2O. The van der Waals surface area contributed by atoms with Crippen LogP contribution in [0.1, 0.15) is 20.3 Å². The Morgan fingerprint density at radius 3 is 2.65 bits per heavy atom. The predicted octanol–water partition coefficient (Wildman–Crippen LogP) is 2.88. The number of rotatable bonds is 5. The normalized spacial score (nSPS) is 12.8. The van der Waals surface area contributed by atoms with Crippen LogP contribution in [0.3, 0.4) is 0 Å². The highest BCUT2D eigenvalue weighted by Crippen LogP contribution is 2.29. The molecule has 0 aliphatic rings. The largest absolute Gasteiger partial charge is 0.397 e. The molecule has 1 aromatic carbocycles. The van der Waals surface area contributed by atoms with Gasteiger partial charge in [-0.25, -0.2) is 4.39 Å². The summed E-state index contributed by atoms with van der Waals surface area (Å²) >= 11 is 5.69. The molecule has 5 heteroatoms. The van der Waals surface area contributed by atoms with E-state index in [0.717, 1.165) is 6.42 Å². The zero-order chi connectivity index (χ0) is 13.0. The second-order valence-corrected chi connectivity index (χ2v) is 4.89. The van der Waals surface area contributed by atoms with Gasteiger partial charge >= 0.3 is 0 Å². The third-order valence-electron chi connectivity index (χ3n) is 2.45. The highest BCUT2D eigenvalue weighted by molar-refractivity contribution is 6.31. The van der Waals surface area contributed by atoms with Gasteiger partial charge in [-0.3, -0.25) is 0 Å². The second-order valence-electron chi connectivity index (χ2n) is 4.48. The molecule has 1 unspecified atom stereocenters. The van der Waals surface area contributed by atoms with Crippen molar-refractivity contribution in [2.24, 2.45) is 5.92 Å². The van der Waals surface area contributed by atoms with Gasteiger partial charge in [-0.1, -0.05) is 25.4 Å². The van der Waals surface area contributed by atoms with E-state index in [2.05, 4.69) is 5.32 Å². The fourth-order valence-electron chi connectivity index (χ4n) is 1.66. The van der Waals surface area contributed by atoms with Crippen LogP contribution in [0, 0.1) is 11.7 Å². The molecule has 0 aliphatic carbocycles. The number of benzene rings is 1.